The molecule has 1 aliphatic heterocycles. The standard InChI is InChI=1S/C29H36N4O10/c1-28(2)29(3,4)33(42)26(32(28)41)18-7-11-20(12-8-18)43-16-23(35)30-22(15-17-5-9-19(34)10-6-17)25(38)31-21(27(39)40)13-14-24(36)37/h5-12,21-22,34,41H,13-16H2,1-4H3,(H,30,35)(H,31,38)(H,36,37)(H,39,40)/t21-,22-/m0/s1. The van der Waals surface area contributed by atoms with Gasteiger partial charge in [0.05, 0.1) is 5.56 Å². The molecule has 0 unspecified atom stereocenters. The van der Waals surface area contributed by atoms with E-state index < -0.39 is 59.9 Å². The summed E-state index contributed by atoms with van der Waals surface area (Å²) < 4.78 is 6.28. The number of carboxylic acid groups (broad SMARTS) is 2. The Morgan fingerprint density at radius 1 is 0.953 bits per heavy atom. The van der Waals surface area contributed by atoms with Gasteiger partial charge in [-0.3, -0.25) is 19.1 Å². The van der Waals surface area contributed by atoms with Crippen molar-refractivity contribution in [2.75, 3.05) is 6.61 Å². The van der Waals surface area contributed by atoms with Crippen molar-refractivity contribution in [3.05, 3.63) is 64.9 Å². The number of ether oxygens (including phenoxy) is 1. The Morgan fingerprint density at radius 2 is 1.56 bits per heavy atom. The van der Waals surface area contributed by atoms with Gasteiger partial charge < -0.3 is 35.9 Å². The fourth-order valence-corrected chi connectivity index (χ4v) is 4.32. The Balaban J connectivity index is 1.69. The van der Waals surface area contributed by atoms with Crippen molar-refractivity contribution >= 4 is 29.6 Å². The lowest BCUT2D eigenvalue weighted by Crippen LogP contribution is -2.53. The van der Waals surface area contributed by atoms with Crippen LogP contribution in [0.1, 0.15) is 51.7 Å². The number of benzene rings is 2. The van der Waals surface area contributed by atoms with Gasteiger partial charge in [-0.05, 0) is 76.1 Å². The second-order valence-electron chi connectivity index (χ2n) is 11.2. The maximum absolute atomic E-state index is 13.0. The van der Waals surface area contributed by atoms with Gasteiger partial charge in [-0.2, -0.15) is 0 Å². The molecule has 14 heteroatoms. The number of carboxylic acids is 2. The van der Waals surface area contributed by atoms with Gasteiger partial charge in [0.25, 0.3) is 5.91 Å². The summed E-state index contributed by atoms with van der Waals surface area (Å²) in [4.78, 5) is 48.2. The van der Waals surface area contributed by atoms with Gasteiger partial charge in [0, 0.05) is 12.8 Å². The third-order valence-corrected chi connectivity index (χ3v) is 7.70. The molecule has 2 aromatic rings. The average molecular weight is 601 g/mol. The zero-order valence-corrected chi connectivity index (χ0v) is 24.2. The Morgan fingerprint density at radius 3 is 2.07 bits per heavy atom. The molecule has 0 aliphatic carbocycles. The first-order valence-corrected chi connectivity index (χ1v) is 13.4. The molecule has 0 saturated carbocycles. The number of carbonyl (C=O) groups excluding carboxylic acids is 2. The third-order valence-electron chi connectivity index (χ3n) is 7.70. The van der Waals surface area contributed by atoms with Gasteiger partial charge in [-0.1, -0.05) is 12.1 Å². The second kappa shape index (κ2) is 13.0. The molecule has 6 N–H and O–H groups in total. The summed E-state index contributed by atoms with van der Waals surface area (Å²) in [6.07, 6.45) is -0.912. The highest BCUT2D eigenvalue weighted by atomic mass is 16.5. The summed E-state index contributed by atoms with van der Waals surface area (Å²) in [6, 6.07) is 9.22. The zero-order valence-electron chi connectivity index (χ0n) is 24.2. The molecule has 1 aliphatic rings. The van der Waals surface area contributed by atoms with Crippen LogP contribution in [0.3, 0.4) is 0 Å². The average Bonchev–Trinajstić information content (AvgIpc) is 3.06. The first-order chi connectivity index (χ1) is 20.0. The first-order valence-electron chi connectivity index (χ1n) is 13.4. The summed E-state index contributed by atoms with van der Waals surface area (Å²) >= 11 is 0. The minimum atomic E-state index is -1.49. The molecule has 3 rings (SSSR count). The molecule has 0 bridgehead atoms. The highest BCUT2D eigenvalue weighted by molar-refractivity contribution is 5.96. The molecule has 0 spiro atoms. The number of hydrogen-bond acceptors (Lipinski definition) is 9. The number of rotatable bonds is 13. The molecule has 14 nitrogen and oxygen atoms in total. The van der Waals surface area contributed by atoms with Crippen LogP contribution in [-0.2, 0) is 25.6 Å². The van der Waals surface area contributed by atoms with E-state index in [2.05, 4.69) is 10.6 Å². The van der Waals surface area contributed by atoms with Gasteiger partial charge in [0.1, 0.15) is 29.1 Å². The number of phenols is 1. The third kappa shape index (κ3) is 7.52. The first kappa shape index (κ1) is 32.7. The molecule has 43 heavy (non-hydrogen) atoms. The van der Waals surface area contributed by atoms with Gasteiger partial charge >= 0.3 is 17.8 Å². The zero-order chi connectivity index (χ0) is 32.1. The number of hydroxylamine groups is 3. The molecule has 0 fully saturated rings. The number of amides is 2. The number of carbonyl (C=O) groups is 4. The Labute approximate surface area is 247 Å². The van der Waals surface area contributed by atoms with Gasteiger partial charge in [0.15, 0.2) is 12.1 Å². The van der Waals surface area contributed by atoms with Crippen molar-refractivity contribution in [1.82, 2.24) is 15.7 Å². The minimum absolute atomic E-state index is 0.0128. The lowest BCUT2D eigenvalue weighted by molar-refractivity contribution is -0.539. The maximum Gasteiger partial charge on any atom is 0.326 e. The van der Waals surface area contributed by atoms with Crippen LogP contribution in [0.2, 0.25) is 0 Å². The van der Waals surface area contributed by atoms with Gasteiger partial charge in [-0.25, -0.2) is 10.0 Å². The quantitative estimate of drug-likeness (QED) is 0.143. The topological polar surface area (TPSA) is 212 Å². The van der Waals surface area contributed by atoms with Crippen LogP contribution in [0.4, 0.5) is 0 Å². The normalized spacial score (nSPS) is 16.7. The van der Waals surface area contributed by atoms with E-state index in [9.17, 15) is 39.8 Å². The largest absolute Gasteiger partial charge is 0.714 e. The van der Waals surface area contributed by atoms with Crippen molar-refractivity contribution < 1.29 is 49.2 Å². The van der Waals surface area contributed by atoms with Crippen LogP contribution in [-0.4, -0.2) is 89.7 Å². The van der Waals surface area contributed by atoms with E-state index in [0.29, 0.717) is 11.1 Å². The number of aromatic hydroxyl groups is 1. The molecule has 232 valence electrons. The molecule has 2 atom stereocenters. The number of nitrogens with one attached hydrogen (secondary N) is 2. The predicted molar refractivity (Wildman–Crippen MR) is 152 cm³/mol. The van der Waals surface area contributed by atoms with Gasteiger partial charge in [-0.15, -0.1) is 5.06 Å². The highest BCUT2D eigenvalue weighted by Gasteiger charge is 2.58. The summed E-state index contributed by atoms with van der Waals surface area (Å²) in [6.45, 7) is 6.41. The Bertz CT molecular complexity index is 1390. The van der Waals surface area contributed by atoms with Gasteiger partial charge in [0.2, 0.25) is 5.91 Å². The van der Waals surface area contributed by atoms with E-state index >= 15 is 0 Å². The van der Waals surface area contributed by atoms with E-state index in [1.54, 1.807) is 39.8 Å². The lowest BCUT2D eigenvalue weighted by atomic mass is 9.84. The molecule has 0 aromatic heterocycles. The smallest absolute Gasteiger partial charge is 0.326 e. The van der Waals surface area contributed by atoms with E-state index in [1.807, 2.05) is 0 Å². The van der Waals surface area contributed by atoms with Crippen LogP contribution in [0.25, 0.3) is 0 Å². The minimum Gasteiger partial charge on any atom is -0.714 e. The predicted octanol–water partition coefficient (Wildman–Crippen LogP) is 1.45. The van der Waals surface area contributed by atoms with E-state index in [4.69, 9.17) is 9.84 Å². The Kier molecular flexibility index (Phi) is 9.86. The summed E-state index contributed by atoms with van der Waals surface area (Å²) in [5.41, 5.74) is -0.822. The van der Waals surface area contributed by atoms with Crippen molar-refractivity contribution in [3.63, 3.8) is 0 Å². The summed E-state index contributed by atoms with van der Waals surface area (Å²) in [7, 11) is 0. The van der Waals surface area contributed by atoms with E-state index in [1.165, 1.54) is 36.4 Å². The van der Waals surface area contributed by atoms with Crippen molar-refractivity contribution in [3.8, 4) is 11.5 Å². The molecule has 0 saturated heterocycles. The summed E-state index contributed by atoms with van der Waals surface area (Å²) in [5, 5.41) is 57.1. The Hall–Kier alpha value is -4.85. The SMILES string of the molecule is CC1(C)N(O)C(c2ccc(OCC(=O)N[C@@H](Cc3ccc(O)cc3)C(=O)N[C@@H](CCC(=O)O)C(=O)O)cc2)=[N+]([O-])C1(C)C. The van der Waals surface area contributed by atoms with Crippen LogP contribution in [0.15, 0.2) is 48.5 Å². The van der Waals surface area contributed by atoms with Crippen molar-refractivity contribution in [2.24, 2.45) is 0 Å². The highest BCUT2D eigenvalue weighted by Crippen LogP contribution is 2.37. The van der Waals surface area contributed by atoms with Crippen molar-refractivity contribution in [2.45, 2.75) is 70.1 Å². The van der Waals surface area contributed by atoms with Crippen LogP contribution in [0.5, 0.6) is 11.5 Å². The number of nitrogens with zero attached hydrogens (tertiary/aromatic N) is 2. The van der Waals surface area contributed by atoms with Crippen molar-refractivity contribution in [1.29, 1.82) is 0 Å². The molecule has 2 amide bonds. The van der Waals surface area contributed by atoms with Crippen LogP contribution < -0.4 is 15.4 Å². The molecular weight excluding hydrogens is 564 g/mol. The number of aliphatic carboxylic acids is 2. The fourth-order valence-electron chi connectivity index (χ4n) is 4.32. The van der Waals surface area contributed by atoms with Crippen LogP contribution >= 0.6 is 0 Å². The van der Waals surface area contributed by atoms with E-state index in [-0.39, 0.29) is 30.2 Å². The fraction of sp³-hybridized carbons (Fsp3) is 0.414. The van der Waals surface area contributed by atoms with E-state index in [0.717, 1.165) is 9.80 Å². The molecule has 1 heterocycles. The molecular formula is C29H36N4O10. The summed E-state index contributed by atoms with van der Waals surface area (Å²) in [5.74, 6) is -3.90. The second-order valence-corrected chi connectivity index (χ2v) is 11.2. The lowest BCUT2D eigenvalue weighted by Gasteiger charge is -2.33. The number of phenolic OH excluding ortho intramolecular Hbond substituents is 1. The number of amidine groups is 1. The van der Waals surface area contributed by atoms with Crippen LogP contribution in [0, 0.1) is 5.21 Å². The molecule has 2 aromatic carbocycles. The molecule has 0 radical (unpaired) electrons. The maximum atomic E-state index is 13.0. The number of hydrogen-bond donors (Lipinski definition) is 6. The monoisotopic (exact) mass is 600 g/mol.